The molecular weight excluding hydrogens is 1050 g/mol. The summed E-state index contributed by atoms with van der Waals surface area (Å²) in [4.78, 5) is 11.2. The smallest absolute Gasteiger partial charge is 0.256 e. The minimum atomic E-state index is -0.302. The second-order valence-electron chi connectivity index (χ2n) is 25.0. The summed E-state index contributed by atoms with van der Waals surface area (Å²) in [5.41, 5.74) is 25.2. The van der Waals surface area contributed by atoms with E-state index in [2.05, 4.69) is 249 Å². The summed E-state index contributed by atoms with van der Waals surface area (Å²) in [6.45, 7) is 21.3. The maximum absolute atomic E-state index is 10.6. The minimum Gasteiger partial charge on any atom is -0.458 e. The highest BCUT2D eigenvalue weighted by atomic mass is 16.5. The maximum Gasteiger partial charge on any atom is 0.256 e. The van der Waals surface area contributed by atoms with E-state index in [1.807, 2.05) is 54.6 Å². The van der Waals surface area contributed by atoms with E-state index in [1.54, 1.807) is 0 Å². The average Bonchev–Trinajstić information content (AvgIpc) is 0.722. The second kappa shape index (κ2) is 19.7. The van der Waals surface area contributed by atoms with Crippen molar-refractivity contribution in [2.75, 3.05) is 14.7 Å². The van der Waals surface area contributed by atoms with Crippen molar-refractivity contribution in [3.05, 3.63) is 264 Å². The first-order valence-electron chi connectivity index (χ1n) is 29.4. The average molecular weight is 1100 g/mol. The third-order valence-corrected chi connectivity index (χ3v) is 17.8. The van der Waals surface area contributed by atoms with Gasteiger partial charge in [0.15, 0.2) is 5.69 Å². The van der Waals surface area contributed by atoms with Gasteiger partial charge in [0.25, 0.3) is 13.4 Å². The molecule has 0 unspecified atom stereocenters. The Morgan fingerprint density at radius 3 is 1.27 bits per heavy atom. The molecule has 0 aliphatic carbocycles. The van der Waals surface area contributed by atoms with Gasteiger partial charge in [0, 0.05) is 51.3 Å². The van der Waals surface area contributed by atoms with E-state index in [0.717, 1.165) is 140 Å². The van der Waals surface area contributed by atoms with Gasteiger partial charge in [-0.3, -0.25) is 0 Å². The molecule has 0 N–H and O–H groups in total. The van der Waals surface area contributed by atoms with Crippen molar-refractivity contribution in [1.29, 1.82) is 10.5 Å². The summed E-state index contributed by atoms with van der Waals surface area (Å²) in [7, 11) is 0. The molecule has 0 radical (unpaired) electrons. The number of fused-ring (bicyclic) bond motifs is 8. The molecule has 4 aliphatic rings. The van der Waals surface area contributed by atoms with E-state index in [9.17, 15) is 10.5 Å². The lowest BCUT2D eigenvalue weighted by Gasteiger charge is -2.46. The van der Waals surface area contributed by atoms with Crippen molar-refractivity contribution in [2.45, 2.75) is 52.4 Å². The molecule has 86 heavy (non-hydrogen) atoms. The Morgan fingerprint density at radius 1 is 0.372 bits per heavy atom. The lowest BCUT2D eigenvalue weighted by atomic mass is 9.30. The van der Waals surface area contributed by atoms with E-state index in [1.165, 1.54) is 0 Å². The standard InChI is InChI=1S/C77H56B2N6O/c1-76(2,3)53-39-69-74-70(40-53)85(64-35-32-49(47-81)38-57(64)51-23-13-9-14-24-51)68-45-72-62(44-61(68)78(74)59-27-17-19-29-66(59)83(69)63-34-31-48(46-80)37-56(63)50-21-11-8-12-22-50)79-60-28-18-20-30-67(60)84(71-41-54(77(4,5)6)42-73(86-72)75(71)79)65-36-33-55(82-7)43-58(65)52-25-15-10-16-26-52/h8-45H,1-6H3. The Bertz CT molecular complexity index is 4770. The van der Waals surface area contributed by atoms with Gasteiger partial charge in [-0.05, 0) is 162 Å². The fraction of sp³-hybridized carbons (Fsp3) is 0.104. The van der Waals surface area contributed by atoms with E-state index < -0.39 is 0 Å². The highest BCUT2D eigenvalue weighted by Crippen LogP contribution is 2.52. The lowest BCUT2D eigenvalue weighted by Crippen LogP contribution is -2.64. The van der Waals surface area contributed by atoms with Gasteiger partial charge in [-0.1, -0.05) is 181 Å². The number of anilines is 9. The van der Waals surface area contributed by atoms with Crippen molar-refractivity contribution in [3.63, 3.8) is 0 Å². The Labute approximate surface area is 503 Å². The van der Waals surface area contributed by atoms with Gasteiger partial charge >= 0.3 is 0 Å². The van der Waals surface area contributed by atoms with E-state index in [0.29, 0.717) is 16.8 Å². The molecule has 4 heterocycles. The molecule has 0 aromatic heterocycles. The molecule has 9 heteroatoms. The molecule has 0 amide bonds. The molecule has 406 valence electrons. The van der Waals surface area contributed by atoms with Crippen LogP contribution in [0.3, 0.4) is 0 Å². The zero-order valence-corrected chi connectivity index (χ0v) is 48.7. The fourth-order valence-corrected chi connectivity index (χ4v) is 13.7. The molecule has 4 aliphatic heterocycles. The van der Waals surface area contributed by atoms with Gasteiger partial charge < -0.3 is 19.4 Å². The Kier molecular flexibility index (Phi) is 11.9. The van der Waals surface area contributed by atoms with Crippen molar-refractivity contribution in [2.24, 2.45) is 0 Å². The Hall–Kier alpha value is -10.8. The molecule has 11 aromatic carbocycles. The summed E-state index contributed by atoms with van der Waals surface area (Å²) in [5.74, 6) is 1.58. The normalized spacial score (nSPS) is 13.2. The van der Waals surface area contributed by atoms with Crippen LogP contribution in [0.2, 0.25) is 0 Å². The topological polar surface area (TPSA) is 70.9 Å². The number of nitrogens with zero attached hydrogens (tertiary/aromatic N) is 6. The van der Waals surface area contributed by atoms with Gasteiger partial charge in [-0.25, -0.2) is 4.85 Å². The number of hydrogen-bond acceptors (Lipinski definition) is 6. The molecule has 0 saturated heterocycles. The highest BCUT2D eigenvalue weighted by molar-refractivity contribution is 7.02. The van der Waals surface area contributed by atoms with Gasteiger partial charge in [0.1, 0.15) is 11.5 Å². The summed E-state index contributed by atoms with van der Waals surface area (Å²) in [6.07, 6.45) is 0. The first-order valence-corrected chi connectivity index (χ1v) is 29.4. The van der Waals surface area contributed by atoms with Crippen LogP contribution in [0.5, 0.6) is 11.5 Å². The first-order chi connectivity index (χ1) is 41.8. The highest BCUT2D eigenvalue weighted by Gasteiger charge is 2.49. The molecule has 0 fully saturated rings. The predicted molar refractivity (Wildman–Crippen MR) is 356 cm³/mol. The van der Waals surface area contributed by atoms with Gasteiger partial charge in [0.2, 0.25) is 0 Å². The molecule has 11 aromatic rings. The lowest BCUT2D eigenvalue weighted by molar-refractivity contribution is 0.483. The van der Waals surface area contributed by atoms with Gasteiger partial charge in [0.05, 0.1) is 46.9 Å². The number of benzene rings is 11. The Morgan fingerprint density at radius 2 is 0.791 bits per heavy atom. The summed E-state index contributed by atoms with van der Waals surface area (Å²) in [5, 5.41) is 21.1. The quantitative estimate of drug-likeness (QED) is 0.122. The molecule has 7 nitrogen and oxygen atoms in total. The second-order valence-corrected chi connectivity index (χ2v) is 25.0. The van der Waals surface area contributed by atoms with Crippen LogP contribution in [0, 0.1) is 29.2 Å². The van der Waals surface area contributed by atoms with Crippen LogP contribution in [0.15, 0.2) is 231 Å². The van der Waals surface area contributed by atoms with Crippen LogP contribution in [-0.4, -0.2) is 13.4 Å². The number of rotatable bonds is 6. The number of nitriles is 2. The zero-order valence-electron chi connectivity index (χ0n) is 48.7. The van der Waals surface area contributed by atoms with Crippen LogP contribution in [0.1, 0.15) is 63.8 Å². The summed E-state index contributed by atoms with van der Waals surface area (Å²) in [6, 6.07) is 86.4. The van der Waals surface area contributed by atoms with E-state index in [-0.39, 0.29) is 24.3 Å². The molecular formula is C77H56B2N6O. The minimum absolute atomic E-state index is 0.243. The zero-order chi connectivity index (χ0) is 58.8. The molecule has 0 atom stereocenters. The third kappa shape index (κ3) is 8.17. The van der Waals surface area contributed by atoms with Crippen LogP contribution >= 0.6 is 0 Å². The summed E-state index contributed by atoms with van der Waals surface area (Å²) >= 11 is 0. The number of ether oxygens (including phenoxy) is 1. The Balaban J connectivity index is 1.04. The largest absolute Gasteiger partial charge is 0.458 e. The SMILES string of the molecule is [C-]#[N+]c1ccc(N2c3ccccc3B3c4cc5c(cc4Oc4cc(C(C)(C)C)cc2c43)N(c2ccc(C#N)cc2-c2ccccc2)c2cc(C(C)(C)C)cc3c2B5c2ccccc2N3c2ccc(C#N)cc2-c2ccccc2)c(-c2ccccc2)c1. The van der Waals surface area contributed by atoms with Crippen molar-refractivity contribution in [3.8, 4) is 57.0 Å². The van der Waals surface area contributed by atoms with Crippen LogP contribution in [0.4, 0.5) is 56.9 Å². The monoisotopic (exact) mass is 1100 g/mol. The summed E-state index contributed by atoms with van der Waals surface area (Å²) < 4.78 is 7.64. The van der Waals surface area contributed by atoms with Gasteiger partial charge in [-0.2, -0.15) is 10.5 Å². The number of para-hydroxylation sites is 2. The molecule has 0 spiro atoms. The molecule has 0 saturated carbocycles. The molecule has 15 rings (SSSR count). The van der Waals surface area contributed by atoms with Crippen LogP contribution in [-0.2, 0) is 10.8 Å². The van der Waals surface area contributed by atoms with Crippen molar-refractivity contribution < 1.29 is 4.74 Å². The van der Waals surface area contributed by atoms with E-state index >= 15 is 0 Å². The third-order valence-electron chi connectivity index (χ3n) is 17.8. The maximum atomic E-state index is 10.6. The van der Waals surface area contributed by atoms with Gasteiger partial charge in [-0.15, -0.1) is 0 Å². The fourth-order valence-electron chi connectivity index (χ4n) is 13.7. The van der Waals surface area contributed by atoms with Crippen molar-refractivity contribution >= 4 is 103 Å². The van der Waals surface area contributed by atoms with Crippen LogP contribution < -0.4 is 52.2 Å². The number of hydrogen-bond donors (Lipinski definition) is 0. The predicted octanol–water partition coefficient (Wildman–Crippen LogP) is 16.1. The first kappa shape index (κ1) is 52.1. The van der Waals surface area contributed by atoms with Crippen molar-refractivity contribution in [1.82, 2.24) is 0 Å². The van der Waals surface area contributed by atoms with E-state index in [4.69, 9.17) is 11.3 Å². The molecule has 0 bridgehead atoms. The van der Waals surface area contributed by atoms with Crippen LogP contribution in [0.25, 0.3) is 38.2 Å².